The molecule has 1 saturated heterocycles. The zero-order chi connectivity index (χ0) is 14.8. The molecule has 3 N–H and O–H groups in total. The maximum atomic E-state index is 12.2. The van der Waals surface area contributed by atoms with Gasteiger partial charge in [-0.05, 0) is 18.9 Å². The lowest BCUT2D eigenvalue weighted by Gasteiger charge is -2.12. The molecule has 0 saturated carbocycles. The Morgan fingerprint density at radius 3 is 2.90 bits per heavy atom. The smallest absolute Gasteiger partial charge is 0.332 e. The number of ether oxygens (including phenoxy) is 1. The summed E-state index contributed by atoms with van der Waals surface area (Å²) in [6.45, 7) is 0.322. The van der Waals surface area contributed by atoms with Gasteiger partial charge in [0.25, 0.3) is 5.91 Å². The van der Waals surface area contributed by atoms with E-state index in [1.165, 1.54) is 0 Å². The number of H-pyrrole nitrogens is 1. The standard InChI is InChI=1S/C15H16N2O4/c18-14(11-8-16-12-4-2-1-3-10(11)12)17-7-9-5-6-13(21-9)15(19)20/h1-4,8-9,13,16H,5-7H2,(H,17,18)(H,19,20). The molecule has 1 aromatic carbocycles. The molecule has 2 heterocycles. The van der Waals surface area contributed by atoms with Gasteiger partial charge in [-0.15, -0.1) is 0 Å². The van der Waals surface area contributed by atoms with Crippen LogP contribution in [0.15, 0.2) is 30.5 Å². The summed E-state index contributed by atoms with van der Waals surface area (Å²) < 4.78 is 5.36. The summed E-state index contributed by atoms with van der Waals surface area (Å²) >= 11 is 0. The number of para-hydroxylation sites is 1. The molecule has 1 aromatic heterocycles. The van der Waals surface area contributed by atoms with E-state index in [0.29, 0.717) is 24.9 Å². The third-order valence-electron chi connectivity index (χ3n) is 3.71. The van der Waals surface area contributed by atoms with Crippen molar-refractivity contribution in [1.82, 2.24) is 10.3 Å². The summed E-state index contributed by atoms with van der Waals surface area (Å²) in [6.07, 6.45) is 1.82. The lowest BCUT2D eigenvalue weighted by Crippen LogP contribution is -2.33. The van der Waals surface area contributed by atoms with Gasteiger partial charge in [-0.1, -0.05) is 18.2 Å². The van der Waals surface area contributed by atoms with E-state index < -0.39 is 12.1 Å². The van der Waals surface area contributed by atoms with Gasteiger partial charge in [-0.2, -0.15) is 0 Å². The van der Waals surface area contributed by atoms with Crippen molar-refractivity contribution in [2.24, 2.45) is 0 Å². The number of amides is 1. The molecule has 3 rings (SSSR count). The quantitative estimate of drug-likeness (QED) is 0.795. The first-order chi connectivity index (χ1) is 10.1. The predicted octanol–water partition coefficient (Wildman–Crippen LogP) is 1.53. The van der Waals surface area contributed by atoms with Crippen molar-refractivity contribution in [3.05, 3.63) is 36.0 Å². The molecular formula is C15H16N2O4. The second kappa shape index (κ2) is 5.57. The highest BCUT2D eigenvalue weighted by molar-refractivity contribution is 6.06. The van der Waals surface area contributed by atoms with Crippen molar-refractivity contribution in [2.45, 2.75) is 25.0 Å². The number of carbonyl (C=O) groups excluding carboxylic acids is 1. The minimum Gasteiger partial charge on any atom is -0.479 e. The van der Waals surface area contributed by atoms with Gasteiger partial charge < -0.3 is 20.1 Å². The number of fused-ring (bicyclic) bond motifs is 1. The molecule has 6 nitrogen and oxygen atoms in total. The molecule has 0 bridgehead atoms. The minimum absolute atomic E-state index is 0.185. The summed E-state index contributed by atoms with van der Waals surface area (Å²) in [4.78, 5) is 26.0. The van der Waals surface area contributed by atoms with Crippen molar-refractivity contribution in [1.29, 1.82) is 0 Å². The van der Waals surface area contributed by atoms with Crippen LogP contribution in [-0.4, -0.2) is 40.7 Å². The fourth-order valence-electron chi connectivity index (χ4n) is 2.60. The molecule has 21 heavy (non-hydrogen) atoms. The Morgan fingerprint density at radius 2 is 2.14 bits per heavy atom. The molecule has 1 aliphatic rings. The monoisotopic (exact) mass is 288 g/mol. The fourth-order valence-corrected chi connectivity index (χ4v) is 2.60. The van der Waals surface area contributed by atoms with Gasteiger partial charge in [0.05, 0.1) is 11.7 Å². The molecule has 110 valence electrons. The predicted molar refractivity (Wildman–Crippen MR) is 76.2 cm³/mol. The highest BCUT2D eigenvalue weighted by atomic mass is 16.5. The van der Waals surface area contributed by atoms with Crippen LogP contribution in [0.4, 0.5) is 0 Å². The Bertz CT molecular complexity index is 679. The first-order valence-electron chi connectivity index (χ1n) is 6.87. The summed E-state index contributed by atoms with van der Waals surface area (Å²) in [7, 11) is 0. The number of hydrogen-bond acceptors (Lipinski definition) is 3. The maximum absolute atomic E-state index is 12.2. The van der Waals surface area contributed by atoms with Crippen LogP contribution in [0.3, 0.4) is 0 Å². The van der Waals surface area contributed by atoms with Crippen LogP contribution in [0.5, 0.6) is 0 Å². The number of carboxylic acid groups (broad SMARTS) is 1. The van der Waals surface area contributed by atoms with E-state index in [1.54, 1.807) is 6.20 Å². The van der Waals surface area contributed by atoms with Crippen LogP contribution in [0.25, 0.3) is 10.9 Å². The lowest BCUT2D eigenvalue weighted by molar-refractivity contribution is -0.149. The Hall–Kier alpha value is -2.34. The minimum atomic E-state index is -0.944. The van der Waals surface area contributed by atoms with E-state index in [9.17, 15) is 9.59 Å². The van der Waals surface area contributed by atoms with E-state index in [2.05, 4.69) is 10.3 Å². The topological polar surface area (TPSA) is 91.4 Å². The van der Waals surface area contributed by atoms with Crippen molar-refractivity contribution in [2.75, 3.05) is 6.54 Å². The van der Waals surface area contributed by atoms with Crippen LogP contribution in [0, 0.1) is 0 Å². The summed E-state index contributed by atoms with van der Waals surface area (Å²) in [5.74, 6) is -1.13. The number of hydrogen-bond donors (Lipinski definition) is 3. The van der Waals surface area contributed by atoms with Gasteiger partial charge in [0.2, 0.25) is 0 Å². The summed E-state index contributed by atoms with van der Waals surface area (Å²) in [6, 6.07) is 7.57. The molecule has 2 aromatic rings. The number of aliphatic carboxylic acids is 1. The van der Waals surface area contributed by atoms with Crippen LogP contribution in [-0.2, 0) is 9.53 Å². The number of nitrogens with one attached hydrogen (secondary N) is 2. The third-order valence-corrected chi connectivity index (χ3v) is 3.71. The number of carbonyl (C=O) groups is 2. The van der Waals surface area contributed by atoms with Crippen LogP contribution in [0.2, 0.25) is 0 Å². The Balaban J connectivity index is 1.61. The molecule has 2 unspecified atom stereocenters. The van der Waals surface area contributed by atoms with E-state index in [-0.39, 0.29) is 12.0 Å². The van der Waals surface area contributed by atoms with Gasteiger partial charge in [-0.3, -0.25) is 4.79 Å². The first kappa shape index (κ1) is 13.6. The van der Waals surface area contributed by atoms with E-state index in [1.807, 2.05) is 24.3 Å². The normalized spacial score (nSPS) is 21.5. The highest BCUT2D eigenvalue weighted by Gasteiger charge is 2.30. The molecule has 1 aliphatic heterocycles. The third kappa shape index (κ3) is 2.75. The van der Waals surface area contributed by atoms with Gasteiger partial charge in [0, 0.05) is 23.6 Å². The van der Waals surface area contributed by atoms with E-state index >= 15 is 0 Å². The molecular weight excluding hydrogens is 272 g/mol. The lowest BCUT2D eigenvalue weighted by atomic mass is 10.1. The Labute approximate surface area is 121 Å². The van der Waals surface area contributed by atoms with Crippen molar-refractivity contribution in [3.63, 3.8) is 0 Å². The number of benzene rings is 1. The molecule has 6 heteroatoms. The van der Waals surface area contributed by atoms with E-state index in [4.69, 9.17) is 9.84 Å². The molecule has 0 aliphatic carbocycles. The van der Waals surface area contributed by atoms with Crippen molar-refractivity contribution >= 4 is 22.8 Å². The summed E-state index contributed by atoms with van der Waals surface area (Å²) in [5.41, 5.74) is 1.49. The second-order valence-corrected chi connectivity index (χ2v) is 5.12. The number of aromatic nitrogens is 1. The van der Waals surface area contributed by atoms with E-state index in [0.717, 1.165) is 10.9 Å². The average molecular weight is 288 g/mol. The largest absolute Gasteiger partial charge is 0.479 e. The maximum Gasteiger partial charge on any atom is 0.332 e. The highest BCUT2D eigenvalue weighted by Crippen LogP contribution is 2.20. The number of aromatic amines is 1. The van der Waals surface area contributed by atoms with Crippen LogP contribution in [0.1, 0.15) is 23.2 Å². The van der Waals surface area contributed by atoms with Crippen molar-refractivity contribution < 1.29 is 19.4 Å². The summed E-state index contributed by atoms with van der Waals surface area (Å²) in [5, 5.41) is 12.5. The Kier molecular flexibility index (Phi) is 3.62. The molecule has 2 atom stereocenters. The van der Waals surface area contributed by atoms with Crippen LogP contribution < -0.4 is 5.32 Å². The average Bonchev–Trinajstić information content (AvgIpc) is 3.11. The van der Waals surface area contributed by atoms with Crippen molar-refractivity contribution in [3.8, 4) is 0 Å². The van der Waals surface area contributed by atoms with Gasteiger partial charge in [-0.25, -0.2) is 4.79 Å². The van der Waals surface area contributed by atoms with Gasteiger partial charge in [0.15, 0.2) is 6.10 Å². The molecule has 1 fully saturated rings. The van der Waals surface area contributed by atoms with Gasteiger partial charge >= 0.3 is 5.97 Å². The second-order valence-electron chi connectivity index (χ2n) is 5.12. The fraction of sp³-hybridized carbons (Fsp3) is 0.333. The SMILES string of the molecule is O=C(NCC1CCC(C(=O)O)O1)c1c[nH]c2ccccc12. The molecule has 0 spiro atoms. The number of rotatable bonds is 4. The Morgan fingerprint density at radius 1 is 1.33 bits per heavy atom. The zero-order valence-electron chi connectivity index (χ0n) is 11.3. The molecule has 1 amide bonds. The van der Waals surface area contributed by atoms with Gasteiger partial charge in [0.1, 0.15) is 0 Å². The zero-order valence-corrected chi connectivity index (χ0v) is 11.3. The molecule has 0 radical (unpaired) electrons. The first-order valence-corrected chi connectivity index (χ1v) is 6.87. The number of carboxylic acids is 1. The van der Waals surface area contributed by atoms with Crippen LogP contribution >= 0.6 is 0 Å².